The Morgan fingerprint density at radius 1 is 1.06 bits per heavy atom. The Labute approximate surface area is 208 Å². The first-order valence-corrected chi connectivity index (χ1v) is 16.6. The normalized spacial score (nSPS) is 15.9. The summed E-state index contributed by atoms with van der Waals surface area (Å²) in [5.74, 6) is 0.0135. The minimum absolute atomic E-state index is 0.0135. The Kier molecular flexibility index (Phi) is 10.8. The summed E-state index contributed by atoms with van der Waals surface area (Å²) in [4.78, 5) is 12.6. The fourth-order valence-corrected chi connectivity index (χ4v) is 4.93. The Bertz CT molecular complexity index is 875. The molecule has 196 valence electrons. The summed E-state index contributed by atoms with van der Waals surface area (Å²) in [6.07, 6.45) is 0.441. The van der Waals surface area contributed by atoms with E-state index in [1.165, 1.54) is 0 Å². The maximum absolute atomic E-state index is 12.6. The highest BCUT2D eigenvalue weighted by Crippen LogP contribution is 2.37. The fraction of sp³-hybridized carbons (Fsp3) is 0.720. The average molecular weight is 516 g/mol. The molecular formula is C25H45NO6SSi. The standard InChI is InChI=1S/C25H45NO6SSi/c1-19(18-30-34(9,10)25(5,6)7)16-22(32-33(8,28)29)21(17-20-14-12-11-13-15-20)26-23(27)31-24(2,3)4/h11-15,19,21-22H,16-18H2,1-10H3,(H,26,27)/t19-,21+,22-/m1/s1. The molecule has 0 heterocycles. The molecule has 0 saturated carbocycles. The molecular weight excluding hydrogens is 470 g/mol. The van der Waals surface area contributed by atoms with Crippen LogP contribution in [-0.2, 0) is 29.9 Å². The second kappa shape index (κ2) is 12.0. The Balaban J connectivity index is 3.13. The Morgan fingerprint density at radius 2 is 1.62 bits per heavy atom. The quantitative estimate of drug-likeness (QED) is 0.308. The summed E-state index contributed by atoms with van der Waals surface area (Å²) >= 11 is 0. The molecule has 0 radical (unpaired) electrons. The van der Waals surface area contributed by atoms with E-state index in [4.69, 9.17) is 13.3 Å². The first-order chi connectivity index (χ1) is 15.3. The molecule has 9 heteroatoms. The van der Waals surface area contributed by atoms with Crippen molar-refractivity contribution in [1.82, 2.24) is 5.32 Å². The largest absolute Gasteiger partial charge is 0.444 e. The predicted octanol–water partition coefficient (Wildman–Crippen LogP) is 5.52. The summed E-state index contributed by atoms with van der Waals surface area (Å²) in [6, 6.07) is 8.98. The Hall–Kier alpha value is -1.42. The number of hydrogen-bond donors (Lipinski definition) is 1. The lowest BCUT2D eigenvalue weighted by Crippen LogP contribution is -2.49. The zero-order chi connectivity index (χ0) is 26.4. The lowest BCUT2D eigenvalue weighted by Gasteiger charge is -2.37. The lowest BCUT2D eigenvalue weighted by atomic mass is 9.94. The maximum atomic E-state index is 12.6. The smallest absolute Gasteiger partial charge is 0.407 e. The molecule has 1 rings (SSSR count). The van der Waals surface area contributed by atoms with Crippen molar-refractivity contribution in [2.75, 3.05) is 12.9 Å². The van der Waals surface area contributed by atoms with Crippen molar-refractivity contribution in [3.63, 3.8) is 0 Å². The van der Waals surface area contributed by atoms with Crippen LogP contribution in [0, 0.1) is 5.92 Å². The van der Waals surface area contributed by atoms with Gasteiger partial charge in [-0.2, -0.15) is 8.42 Å². The molecule has 0 spiro atoms. The first kappa shape index (κ1) is 30.6. The minimum Gasteiger partial charge on any atom is -0.444 e. The molecule has 1 amide bonds. The van der Waals surface area contributed by atoms with E-state index in [0.29, 0.717) is 19.4 Å². The SMILES string of the molecule is C[C@@H](CO[Si](C)(C)C(C)(C)C)C[C@@H](OS(C)(=O)=O)[C@H](Cc1ccccc1)NC(=O)OC(C)(C)C. The number of carbonyl (C=O) groups excluding carboxylic acids is 1. The number of benzene rings is 1. The molecule has 1 aromatic carbocycles. The zero-order valence-electron chi connectivity index (χ0n) is 22.6. The van der Waals surface area contributed by atoms with Crippen LogP contribution in [0.25, 0.3) is 0 Å². The maximum Gasteiger partial charge on any atom is 0.407 e. The minimum atomic E-state index is -3.77. The third kappa shape index (κ3) is 11.8. The summed E-state index contributed by atoms with van der Waals surface area (Å²) in [5.41, 5.74) is 0.273. The van der Waals surface area contributed by atoms with Crippen LogP contribution in [0.5, 0.6) is 0 Å². The van der Waals surface area contributed by atoms with Gasteiger partial charge in [0.2, 0.25) is 0 Å². The number of carbonyl (C=O) groups is 1. The fourth-order valence-electron chi connectivity index (χ4n) is 3.13. The third-order valence-electron chi connectivity index (χ3n) is 5.92. The van der Waals surface area contributed by atoms with Crippen molar-refractivity contribution < 1.29 is 26.6 Å². The van der Waals surface area contributed by atoms with Crippen molar-refractivity contribution >= 4 is 24.5 Å². The van der Waals surface area contributed by atoms with Gasteiger partial charge in [-0.3, -0.25) is 4.18 Å². The van der Waals surface area contributed by atoms with E-state index in [-0.39, 0.29) is 11.0 Å². The summed E-state index contributed by atoms with van der Waals surface area (Å²) in [6.45, 7) is 18.8. The molecule has 0 unspecified atom stereocenters. The van der Waals surface area contributed by atoms with E-state index < -0.39 is 42.3 Å². The highest BCUT2D eigenvalue weighted by molar-refractivity contribution is 7.86. The summed E-state index contributed by atoms with van der Waals surface area (Å²) in [7, 11) is -5.72. The van der Waals surface area contributed by atoms with Crippen molar-refractivity contribution in [3.05, 3.63) is 35.9 Å². The molecule has 1 N–H and O–H groups in total. The molecule has 0 aliphatic heterocycles. The van der Waals surface area contributed by atoms with E-state index in [1.807, 2.05) is 37.3 Å². The van der Waals surface area contributed by atoms with Gasteiger partial charge in [0.25, 0.3) is 10.1 Å². The second-order valence-electron chi connectivity index (χ2n) is 11.7. The average Bonchev–Trinajstić information content (AvgIpc) is 2.63. The van der Waals surface area contributed by atoms with E-state index >= 15 is 0 Å². The molecule has 0 bridgehead atoms. The molecule has 0 aliphatic rings. The van der Waals surface area contributed by atoms with Crippen molar-refractivity contribution in [2.45, 2.75) is 97.2 Å². The monoisotopic (exact) mass is 515 g/mol. The van der Waals surface area contributed by atoms with Gasteiger partial charge < -0.3 is 14.5 Å². The number of alkyl carbamates (subject to hydrolysis) is 1. The second-order valence-corrected chi connectivity index (χ2v) is 18.1. The van der Waals surface area contributed by atoms with Crippen LogP contribution in [0.4, 0.5) is 4.79 Å². The van der Waals surface area contributed by atoms with Crippen LogP contribution in [0.2, 0.25) is 18.1 Å². The van der Waals surface area contributed by atoms with Crippen LogP contribution in [-0.4, -0.2) is 53.4 Å². The summed E-state index contributed by atoms with van der Waals surface area (Å²) < 4.78 is 41.6. The van der Waals surface area contributed by atoms with Gasteiger partial charge in [-0.25, -0.2) is 4.79 Å². The molecule has 1 aromatic rings. The van der Waals surface area contributed by atoms with Gasteiger partial charge in [-0.05, 0) is 63.2 Å². The molecule has 0 saturated heterocycles. The third-order valence-corrected chi connectivity index (χ3v) is 11.0. The Morgan fingerprint density at radius 3 is 2.09 bits per heavy atom. The summed E-state index contributed by atoms with van der Waals surface area (Å²) in [5, 5.41) is 2.94. The number of nitrogens with one attached hydrogen (secondary N) is 1. The molecule has 34 heavy (non-hydrogen) atoms. The lowest BCUT2D eigenvalue weighted by molar-refractivity contribution is 0.0424. The highest BCUT2D eigenvalue weighted by atomic mass is 32.2. The van der Waals surface area contributed by atoms with Crippen molar-refractivity contribution in [2.24, 2.45) is 5.92 Å². The number of hydrogen-bond acceptors (Lipinski definition) is 6. The molecule has 0 aromatic heterocycles. The van der Waals surface area contributed by atoms with Gasteiger partial charge in [0.15, 0.2) is 8.32 Å². The van der Waals surface area contributed by atoms with E-state index in [9.17, 15) is 13.2 Å². The molecule has 3 atom stereocenters. The van der Waals surface area contributed by atoms with E-state index in [2.05, 4.69) is 39.2 Å². The van der Waals surface area contributed by atoms with Crippen LogP contribution >= 0.6 is 0 Å². The molecule has 0 aliphatic carbocycles. The van der Waals surface area contributed by atoms with Crippen LogP contribution in [0.15, 0.2) is 30.3 Å². The van der Waals surface area contributed by atoms with Gasteiger partial charge in [0.05, 0.1) is 18.4 Å². The van der Waals surface area contributed by atoms with Crippen LogP contribution < -0.4 is 5.32 Å². The topological polar surface area (TPSA) is 90.9 Å². The van der Waals surface area contributed by atoms with E-state index in [1.54, 1.807) is 20.8 Å². The predicted molar refractivity (Wildman–Crippen MR) is 140 cm³/mol. The van der Waals surface area contributed by atoms with Crippen LogP contribution in [0.1, 0.15) is 60.5 Å². The first-order valence-electron chi connectivity index (χ1n) is 11.8. The van der Waals surface area contributed by atoms with Gasteiger partial charge in [-0.15, -0.1) is 0 Å². The van der Waals surface area contributed by atoms with E-state index in [0.717, 1.165) is 11.8 Å². The zero-order valence-corrected chi connectivity index (χ0v) is 24.4. The van der Waals surface area contributed by atoms with Gasteiger partial charge in [0.1, 0.15) is 5.60 Å². The van der Waals surface area contributed by atoms with Crippen molar-refractivity contribution in [3.8, 4) is 0 Å². The number of amides is 1. The van der Waals surface area contributed by atoms with Crippen LogP contribution in [0.3, 0.4) is 0 Å². The highest BCUT2D eigenvalue weighted by Gasteiger charge is 2.38. The van der Waals surface area contributed by atoms with Gasteiger partial charge in [-0.1, -0.05) is 58.0 Å². The van der Waals surface area contributed by atoms with Gasteiger partial charge in [0, 0.05) is 6.61 Å². The molecule has 0 fully saturated rings. The number of ether oxygens (including phenoxy) is 1. The van der Waals surface area contributed by atoms with Crippen molar-refractivity contribution in [1.29, 1.82) is 0 Å². The molecule has 7 nitrogen and oxygen atoms in total. The number of rotatable bonds is 11. The van der Waals surface area contributed by atoms with Gasteiger partial charge >= 0.3 is 6.09 Å².